The zero-order chi connectivity index (χ0) is 12.2. The topological polar surface area (TPSA) is 31.4 Å². The Morgan fingerprint density at radius 2 is 2.17 bits per heavy atom. The molecule has 0 bridgehead atoms. The van der Waals surface area contributed by atoms with Gasteiger partial charge >= 0.3 is 0 Å². The molecule has 92 valence electrons. The van der Waals surface area contributed by atoms with Crippen LogP contribution in [-0.2, 0) is 11.2 Å². The molecule has 1 aliphatic heterocycles. The van der Waals surface area contributed by atoms with Crippen molar-refractivity contribution >= 4 is 0 Å². The Morgan fingerprint density at radius 1 is 1.22 bits per heavy atom. The smallest absolute Gasteiger partial charge is 0.137 e. The van der Waals surface area contributed by atoms with Gasteiger partial charge in [-0.05, 0) is 29.7 Å². The molecule has 3 nitrogen and oxygen atoms in total. The summed E-state index contributed by atoms with van der Waals surface area (Å²) in [6, 6.07) is 12.2. The Labute approximate surface area is 106 Å². The van der Waals surface area contributed by atoms with Crippen molar-refractivity contribution < 1.29 is 9.47 Å². The first-order valence-electron chi connectivity index (χ1n) is 6.16. The summed E-state index contributed by atoms with van der Waals surface area (Å²) in [5.41, 5.74) is 2.61. The molecule has 1 aromatic carbocycles. The van der Waals surface area contributed by atoms with Crippen LogP contribution in [0.5, 0.6) is 5.75 Å². The predicted octanol–water partition coefficient (Wildman–Crippen LogP) is 2.77. The van der Waals surface area contributed by atoms with Crippen LogP contribution in [0.3, 0.4) is 0 Å². The minimum Gasteiger partial charge on any atom is -0.489 e. The Balaban J connectivity index is 1.71. The normalized spacial score (nSPS) is 18.1. The van der Waals surface area contributed by atoms with E-state index in [-0.39, 0.29) is 6.10 Å². The minimum atomic E-state index is 0.0233. The Morgan fingerprint density at radius 3 is 3.06 bits per heavy atom. The van der Waals surface area contributed by atoms with Gasteiger partial charge in [-0.25, -0.2) is 0 Å². The van der Waals surface area contributed by atoms with Crippen molar-refractivity contribution in [3.8, 4) is 5.75 Å². The molecular weight excluding hydrogens is 226 g/mol. The van der Waals surface area contributed by atoms with Crippen molar-refractivity contribution in [1.29, 1.82) is 0 Å². The summed E-state index contributed by atoms with van der Waals surface area (Å²) >= 11 is 0. The Bertz CT molecular complexity index is 513. The first-order valence-corrected chi connectivity index (χ1v) is 6.16. The van der Waals surface area contributed by atoms with E-state index < -0.39 is 0 Å². The fraction of sp³-hybridized carbons (Fsp3) is 0.267. The van der Waals surface area contributed by atoms with Crippen LogP contribution >= 0.6 is 0 Å². The molecule has 3 rings (SSSR count). The van der Waals surface area contributed by atoms with Crippen LogP contribution in [0.15, 0.2) is 48.8 Å². The lowest BCUT2D eigenvalue weighted by Gasteiger charge is -2.25. The van der Waals surface area contributed by atoms with Crippen LogP contribution in [0.4, 0.5) is 0 Å². The number of rotatable bonds is 3. The summed E-state index contributed by atoms with van der Waals surface area (Å²) < 4.78 is 11.5. The Hall–Kier alpha value is -1.87. The molecule has 0 fully saturated rings. The number of nitrogens with zero attached hydrogens (tertiary/aromatic N) is 1. The second-order valence-electron chi connectivity index (χ2n) is 4.31. The van der Waals surface area contributed by atoms with Gasteiger partial charge in [0, 0.05) is 6.20 Å². The summed E-state index contributed by atoms with van der Waals surface area (Å²) in [4.78, 5) is 4.03. The van der Waals surface area contributed by atoms with Gasteiger partial charge in [0.1, 0.15) is 18.5 Å². The molecule has 0 saturated carbocycles. The van der Waals surface area contributed by atoms with Crippen LogP contribution < -0.4 is 4.74 Å². The molecule has 0 aliphatic carbocycles. The molecule has 1 aliphatic rings. The van der Waals surface area contributed by atoms with E-state index >= 15 is 0 Å². The largest absolute Gasteiger partial charge is 0.489 e. The maximum absolute atomic E-state index is 5.78. The first-order chi connectivity index (χ1) is 8.93. The third kappa shape index (κ3) is 2.36. The van der Waals surface area contributed by atoms with Gasteiger partial charge in [-0.2, -0.15) is 0 Å². The third-order valence-electron chi connectivity index (χ3n) is 3.13. The number of ether oxygens (including phenoxy) is 2. The molecule has 2 heterocycles. The van der Waals surface area contributed by atoms with E-state index in [0.717, 1.165) is 18.8 Å². The van der Waals surface area contributed by atoms with Crippen LogP contribution in [0, 0.1) is 0 Å². The van der Waals surface area contributed by atoms with Crippen molar-refractivity contribution in [3.05, 3.63) is 59.9 Å². The second-order valence-corrected chi connectivity index (χ2v) is 4.31. The van der Waals surface area contributed by atoms with E-state index in [1.165, 1.54) is 11.1 Å². The number of aromatic nitrogens is 1. The fourth-order valence-corrected chi connectivity index (χ4v) is 2.22. The van der Waals surface area contributed by atoms with Crippen molar-refractivity contribution in [1.82, 2.24) is 4.98 Å². The molecular formula is C15H15NO2. The van der Waals surface area contributed by atoms with E-state index in [9.17, 15) is 0 Å². The van der Waals surface area contributed by atoms with Crippen LogP contribution in [0.25, 0.3) is 0 Å². The van der Waals surface area contributed by atoms with Crippen LogP contribution in [-0.4, -0.2) is 18.2 Å². The fourth-order valence-electron chi connectivity index (χ4n) is 2.22. The quantitative estimate of drug-likeness (QED) is 0.828. The van der Waals surface area contributed by atoms with Gasteiger partial charge < -0.3 is 9.47 Å². The first kappa shape index (κ1) is 11.2. The highest BCUT2D eigenvalue weighted by Crippen LogP contribution is 2.27. The van der Waals surface area contributed by atoms with Gasteiger partial charge in [-0.1, -0.05) is 24.3 Å². The van der Waals surface area contributed by atoms with Crippen molar-refractivity contribution in [2.24, 2.45) is 0 Å². The van der Waals surface area contributed by atoms with E-state index in [1.54, 1.807) is 12.4 Å². The van der Waals surface area contributed by atoms with E-state index in [0.29, 0.717) is 6.61 Å². The molecule has 1 unspecified atom stereocenters. The average Bonchev–Trinajstić information content (AvgIpc) is 2.46. The molecule has 0 radical (unpaired) electrons. The highest BCUT2D eigenvalue weighted by Gasteiger charge is 2.20. The SMILES string of the molecule is c1cncc(OCC2OCCc3ccccc32)c1. The zero-order valence-electron chi connectivity index (χ0n) is 10.1. The maximum Gasteiger partial charge on any atom is 0.137 e. The Kier molecular flexibility index (Phi) is 3.24. The molecule has 0 N–H and O–H groups in total. The van der Waals surface area contributed by atoms with Gasteiger partial charge in [-0.15, -0.1) is 0 Å². The van der Waals surface area contributed by atoms with Gasteiger partial charge in [-0.3, -0.25) is 4.98 Å². The zero-order valence-corrected chi connectivity index (χ0v) is 10.1. The molecule has 2 aromatic rings. The standard InChI is InChI=1S/C15H15NO2/c1-2-6-14-12(4-1)7-9-17-15(14)11-18-13-5-3-8-16-10-13/h1-6,8,10,15H,7,9,11H2. The number of hydrogen-bond acceptors (Lipinski definition) is 3. The van der Waals surface area contributed by atoms with Crippen LogP contribution in [0.1, 0.15) is 17.2 Å². The summed E-state index contributed by atoms with van der Waals surface area (Å²) in [6.07, 6.45) is 4.46. The van der Waals surface area contributed by atoms with E-state index in [4.69, 9.17) is 9.47 Å². The molecule has 0 saturated heterocycles. The van der Waals surface area contributed by atoms with Crippen molar-refractivity contribution in [2.45, 2.75) is 12.5 Å². The summed E-state index contributed by atoms with van der Waals surface area (Å²) in [6.45, 7) is 1.29. The molecule has 18 heavy (non-hydrogen) atoms. The van der Waals surface area contributed by atoms with Crippen LogP contribution in [0.2, 0.25) is 0 Å². The third-order valence-corrected chi connectivity index (χ3v) is 3.13. The predicted molar refractivity (Wildman–Crippen MR) is 68.6 cm³/mol. The number of hydrogen-bond donors (Lipinski definition) is 0. The lowest BCUT2D eigenvalue weighted by molar-refractivity contribution is 0.0101. The van der Waals surface area contributed by atoms with Gasteiger partial charge in [0.2, 0.25) is 0 Å². The number of pyridine rings is 1. The highest BCUT2D eigenvalue weighted by molar-refractivity contribution is 5.31. The summed E-state index contributed by atoms with van der Waals surface area (Å²) in [5.74, 6) is 0.782. The van der Waals surface area contributed by atoms with Crippen molar-refractivity contribution in [3.63, 3.8) is 0 Å². The lowest BCUT2D eigenvalue weighted by atomic mass is 9.98. The molecule has 0 spiro atoms. The number of benzene rings is 1. The minimum absolute atomic E-state index is 0.0233. The molecule has 3 heteroatoms. The average molecular weight is 241 g/mol. The molecule has 0 amide bonds. The van der Waals surface area contributed by atoms with E-state index in [1.807, 2.05) is 18.2 Å². The number of fused-ring (bicyclic) bond motifs is 1. The van der Waals surface area contributed by atoms with E-state index in [2.05, 4.69) is 23.2 Å². The van der Waals surface area contributed by atoms with Gasteiger partial charge in [0.05, 0.1) is 12.8 Å². The maximum atomic E-state index is 5.78. The van der Waals surface area contributed by atoms with Crippen molar-refractivity contribution in [2.75, 3.05) is 13.2 Å². The molecule has 1 atom stereocenters. The monoisotopic (exact) mass is 241 g/mol. The lowest BCUT2D eigenvalue weighted by Crippen LogP contribution is -2.21. The second kappa shape index (κ2) is 5.19. The summed E-state index contributed by atoms with van der Waals surface area (Å²) in [5, 5.41) is 0. The molecule has 1 aromatic heterocycles. The highest BCUT2D eigenvalue weighted by atomic mass is 16.5. The summed E-state index contributed by atoms with van der Waals surface area (Å²) in [7, 11) is 0. The van der Waals surface area contributed by atoms with Gasteiger partial charge in [0.15, 0.2) is 0 Å². The van der Waals surface area contributed by atoms with Gasteiger partial charge in [0.25, 0.3) is 0 Å².